The van der Waals surface area contributed by atoms with Gasteiger partial charge in [-0.05, 0) is 5.92 Å². The molecule has 0 aromatic carbocycles. The fourth-order valence-electron chi connectivity index (χ4n) is 1.52. The molecule has 0 unspecified atom stereocenters. The van der Waals surface area contributed by atoms with E-state index in [1.807, 2.05) is 0 Å². The van der Waals surface area contributed by atoms with Crippen LogP contribution >= 0.6 is 0 Å². The number of nitrogens with one attached hydrogen (secondary N) is 1. The Morgan fingerprint density at radius 3 is 2.47 bits per heavy atom. The fourth-order valence-corrected chi connectivity index (χ4v) is 1.52. The average Bonchev–Trinajstić information content (AvgIpc) is 2.59. The Morgan fingerprint density at radius 2 is 1.87 bits per heavy atom. The number of hydrogen-bond acceptors (Lipinski definition) is 3. The van der Waals surface area contributed by atoms with Crippen LogP contribution in [0.5, 0.6) is 0 Å². The first-order valence-electron chi connectivity index (χ1n) is 5.30. The van der Waals surface area contributed by atoms with Gasteiger partial charge in [-0.3, -0.25) is 5.10 Å². The Balaban J connectivity index is 2.61. The number of aromatic nitrogens is 4. The Labute approximate surface area is 89.1 Å². The van der Waals surface area contributed by atoms with Crippen molar-refractivity contribution in [3.63, 3.8) is 0 Å². The maximum absolute atomic E-state index is 4.55. The maximum atomic E-state index is 4.55. The zero-order valence-corrected chi connectivity index (χ0v) is 9.57. The summed E-state index contributed by atoms with van der Waals surface area (Å²) in [6, 6.07) is 0. The Kier molecular flexibility index (Phi) is 2.42. The van der Waals surface area contributed by atoms with Gasteiger partial charge in [0.1, 0.15) is 16.9 Å². The molecule has 0 saturated carbocycles. The lowest BCUT2D eigenvalue weighted by Crippen LogP contribution is -1.98. The van der Waals surface area contributed by atoms with Crippen LogP contribution < -0.4 is 0 Å². The number of aromatic amines is 1. The highest BCUT2D eigenvalue weighted by Gasteiger charge is 2.12. The van der Waals surface area contributed by atoms with Gasteiger partial charge in [-0.15, -0.1) is 0 Å². The van der Waals surface area contributed by atoms with Crippen LogP contribution in [0.1, 0.15) is 51.0 Å². The van der Waals surface area contributed by atoms with Crippen LogP contribution in [0.25, 0.3) is 11.0 Å². The predicted octanol–water partition coefficient (Wildman–Crippen LogP) is 2.60. The Morgan fingerprint density at radius 1 is 1.13 bits per heavy atom. The van der Waals surface area contributed by atoms with Gasteiger partial charge in [0, 0.05) is 5.92 Å². The third-order valence-corrected chi connectivity index (χ3v) is 2.43. The Hall–Kier alpha value is -1.45. The van der Waals surface area contributed by atoms with E-state index in [1.54, 1.807) is 6.20 Å². The number of rotatable bonds is 2. The topological polar surface area (TPSA) is 54.5 Å². The van der Waals surface area contributed by atoms with E-state index in [1.165, 1.54) is 0 Å². The van der Waals surface area contributed by atoms with Gasteiger partial charge < -0.3 is 0 Å². The smallest absolute Gasteiger partial charge is 0.131 e. The first-order valence-corrected chi connectivity index (χ1v) is 5.30. The lowest BCUT2D eigenvalue weighted by molar-refractivity contribution is 0.778. The van der Waals surface area contributed by atoms with Crippen molar-refractivity contribution in [2.75, 3.05) is 0 Å². The molecule has 4 nitrogen and oxygen atoms in total. The quantitative estimate of drug-likeness (QED) is 0.818. The second-order valence-electron chi connectivity index (χ2n) is 4.41. The molecule has 0 bridgehead atoms. The van der Waals surface area contributed by atoms with Crippen LogP contribution in [0, 0.1) is 0 Å². The van der Waals surface area contributed by atoms with Crippen molar-refractivity contribution in [3.05, 3.63) is 17.7 Å². The molecule has 0 spiro atoms. The molecule has 2 aromatic heterocycles. The summed E-state index contributed by atoms with van der Waals surface area (Å²) in [5, 5.41) is 7.22. The molecule has 0 radical (unpaired) electrons. The molecule has 2 heterocycles. The van der Waals surface area contributed by atoms with Crippen molar-refractivity contribution in [2.45, 2.75) is 39.5 Å². The molecule has 0 atom stereocenters. The second kappa shape index (κ2) is 3.61. The zero-order valence-electron chi connectivity index (χ0n) is 9.57. The molecule has 0 fully saturated rings. The Bertz CT molecular complexity index is 470. The van der Waals surface area contributed by atoms with Crippen molar-refractivity contribution in [1.82, 2.24) is 20.2 Å². The van der Waals surface area contributed by atoms with Gasteiger partial charge in [0.2, 0.25) is 0 Å². The molecule has 0 aliphatic rings. The molecule has 0 amide bonds. The number of fused-ring (bicyclic) bond motifs is 1. The third-order valence-electron chi connectivity index (χ3n) is 2.43. The van der Waals surface area contributed by atoms with Crippen molar-refractivity contribution in [1.29, 1.82) is 0 Å². The molecular weight excluding hydrogens is 188 g/mol. The molecule has 15 heavy (non-hydrogen) atoms. The molecule has 2 rings (SSSR count). The fraction of sp³-hybridized carbons (Fsp3) is 0.545. The summed E-state index contributed by atoms with van der Waals surface area (Å²) in [6.07, 6.45) is 1.79. The van der Waals surface area contributed by atoms with Gasteiger partial charge >= 0.3 is 0 Å². The molecule has 1 N–H and O–H groups in total. The van der Waals surface area contributed by atoms with E-state index in [0.717, 1.165) is 22.6 Å². The van der Waals surface area contributed by atoms with E-state index in [2.05, 4.69) is 47.9 Å². The highest BCUT2D eigenvalue weighted by molar-refractivity contribution is 5.76. The van der Waals surface area contributed by atoms with E-state index in [9.17, 15) is 0 Å². The molecular formula is C11H16N4. The van der Waals surface area contributed by atoms with Crippen LogP contribution in [-0.4, -0.2) is 20.2 Å². The second-order valence-corrected chi connectivity index (χ2v) is 4.41. The summed E-state index contributed by atoms with van der Waals surface area (Å²) in [5.74, 6) is 1.64. The first-order chi connectivity index (χ1) is 7.09. The van der Waals surface area contributed by atoms with Gasteiger partial charge in [-0.25, -0.2) is 9.97 Å². The number of nitrogens with zero attached hydrogens (tertiary/aromatic N) is 3. The highest BCUT2D eigenvalue weighted by atomic mass is 15.1. The van der Waals surface area contributed by atoms with Crippen molar-refractivity contribution >= 4 is 11.0 Å². The minimum Gasteiger partial charge on any atom is -0.279 e. The largest absolute Gasteiger partial charge is 0.279 e. The van der Waals surface area contributed by atoms with Gasteiger partial charge in [0.05, 0.1) is 11.9 Å². The van der Waals surface area contributed by atoms with E-state index >= 15 is 0 Å². The van der Waals surface area contributed by atoms with E-state index in [4.69, 9.17) is 0 Å². The first kappa shape index (κ1) is 10.1. The van der Waals surface area contributed by atoms with Crippen molar-refractivity contribution < 1.29 is 0 Å². The highest BCUT2D eigenvalue weighted by Crippen LogP contribution is 2.21. The molecule has 2 aromatic rings. The minimum atomic E-state index is 0.351. The summed E-state index contributed by atoms with van der Waals surface area (Å²) < 4.78 is 0. The SMILES string of the molecule is CC(C)c1ncc2n[nH]c(C(C)C)c2n1. The normalized spacial score (nSPS) is 11.9. The van der Waals surface area contributed by atoms with Crippen molar-refractivity contribution in [3.8, 4) is 0 Å². The average molecular weight is 204 g/mol. The predicted molar refractivity (Wildman–Crippen MR) is 59.9 cm³/mol. The summed E-state index contributed by atoms with van der Waals surface area (Å²) in [4.78, 5) is 8.84. The van der Waals surface area contributed by atoms with Crippen LogP contribution in [0.3, 0.4) is 0 Å². The number of hydrogen-bond donors (Lipinski definition) is 1. The summed E-state index contributed by atoms with van der Waals surface area (Å²) >= 11 is 0. The lowest BCUT2D eigenvalue weighted by Gasteiger charge is -2.04. The maximum Gasteiger partial charge on any atom is 0.131 e. The summed E-state index contributed by atoms with van der Waals surface area (Å²) in [5.41, 5.74) is 2.90. The molecule has 0 saturated heterocycles. The van der Waals surface area contributed by atoms with E-state index in [-0.39, 0.29) is 0 Å². The van der Waals surface area contributed by atoms with E-state index in [0.29, 0.717) is 11.8 Å². The van der Waals surface area contributed by atoms with Gasteiger partial charge in [-0.1, -0.05) is 27.7 Å². The summed E-state index contributed by atoms with van der Waals surface area (Å²) in [6.45, 7) is 8.45. The van der Waals surface area contributed by atoms with Crippen LogP contribution in [-0.2, 0) is 0 Å². The van der Waals surface area contributed by atoms with Crippen molar-refractivity contribution in [2.24, 2.45) is 0 Å². The third kappa shape index (κ3) is 1.71. The molecule has 0 aliphatic heterocycles. The van der Waals surface area contributed by atoms with Gasteiger partial charge in [0.25, 0.3) is 0 Å². The van der Waals surface area contributed by atoms with Crippen LogP contribution in [0.4, 0.5) is 0 Å². The zero-order chi connectivity index (χ0) is 11.0. The van der Waals surface area contributed by atoms with Crippen LogP contribution in [0.2, 0.25) is 0 Å². The minimum absolute atomic E-state index is 0.351. The number of H-pyrrole nitrogens is 1. The van der Waals surface area contributed by atoms with Crippen LogP contribution in [0.15, 0.2) is 6.20 Å². The molecule has 0 aliphatic carbocycles. The van der Waals surface area contributed by atoms with E-state index < -0.39 is 0 Å². The standard InChI is InChI=1S/C11H16N4/c1-6(2)9-10-8(14-15-9)5-12-11(13-10)7(3)4/h5-7H,1-4H3,(H,14,15). The monoisotopic (exact) mass is 204 g/mol. The summed E-state index contributed by atoms with van der Waals surface area (Å²) in [7, 11) is 0. The van der Waals surface area contributed by atoms with Gasteiger partial charge in [0.15, 0.2) is 0 Å². The molecule has 80 valence electrons. The van der Waals surface area contributed by atoms with Gasteiger partial charge in [-0.2, -0.15) is 5.10 Å². The molecule has 4 heteroatoms. The lowest BCUT2D eigenvalue weighted by atomic mass is 10.1.